The fourth-order valence-electron chi connectivity index (χ4n) is 1.33. The van der Waals surface area contributed by atoms with Crippen molar-refractivity contribution in [1.29, 1.82) is 0 Å². The minimum atomic E-state index is -0.00812. The Bertz CT molecular complexity index is 421. The summed E-state index contributed by atoms with van der Waals surface area (Å²) in [6.07, 6.45) is 0. The van der Waals surface area contributed by atoms with Gasteiger partial charge >= 0.3 is 0 Å². The normalized spacial score (nSPS) is 13.3. The lowest BCUT2D eigenvalue weighted by atomic mass is 9.88. The minimum Gasteiger partial charge on any atom is -0.349 e. The number of carbonyl (C=O) groups excluding carboxylic acids is 1. The van der Waals surface area contributed by atoms with E-state index in [-0.39, 0.29) is 17.4 Å². The molecule has 0 saturated heterocycles. The molecular weight excluding hydrogens is 278 g/mol. The van der Waals surface area contributed by atoms with Gasteiger partial charge in [-0.05, 0) is 37.0 Å². The smallest absolute Gasteiger partial charge is 0.251 e. The molecule has 3 heteroatoms. The first-order valence-electron chi connectivity index (χ1n) is 5.79. The van der Waals surface area contributed by atoms with Crippen LogP contribution in [0, 0.1) is 12.3 Å². The summed E-state index contributed by atoms with van der Waals surface area (Å²) in [5.41, 5.74) is 1.79. The number of rotatable bonds is 2. The molecule has 0 aromatic heterocycles. The molecule has 0 heterocycles. The predicted octanol–water partition coefficient (Wildman–Crippen LogP) is 3.92. The van der Waals surface area contributed by atoms with Gasteiger partial charge in [0.1, 0.15) is 0 Å². The molecule has 0 aliphatic rings. The second-order valence-electron chi connectivity index (χ2n) is 5.52. The Morgan fingerprint density at radius 1 is 1.35 bits per heavy atom. The largest absolute Gasteiger partial charge is 0.349 e. The van der Waals surface area contributed by atoms with Gasteiger partial charge in [-0.2, -0.15) is 0 Å². The highest BCUT2D eigenvalue weighted by molar-refractivity contribution is 9.10. The van der Waals surface area contributed by atoms with Crippen molar-refractivity contribution in [1.82, 2.24) is 5.32 Å². The SMILES string of the molecule is Cc1ccc(Br)cc1C(=O)NC(C)C(C)(C)C. The summed E-state index contributed by atoms with van der Waals surface area (Å²) in [4.78, 5) is 12.1. The van der Waals surface area contributed by atoms with Gasteiger partial charge in [0.05, 0.1) is 0 Å². The Morgan fingerprint density at radius 3 is 2.47 bits per heavy atom. The van der Waals surface area contributed by atoms with E-state index in [1.54, 1.807) is 0 Å². The van der Waals surface area contributed by atoms with Gasteiger partial charge in [-0.3, -0.25) is 4.79 Å². The first-order valence-corrected chi connectivity index (χ1v) is 6.58. The number of aryl methyl sites for hydroxylation is 1. The highest BCUT2D eigenvalue weighted by atomic mass is 79.9. The van der Waals surface area contributed by atoms with Crippen LogP contribution in [-0.4, -0.2) is 11.9 Å². The van der Waals surface area contributed by atoms with Gasteiger partial charge in [0.2, 0.25) is 0 Å². The lowest BCUT2D eigenvalue weighted by Crippen LogP contribution is -2.41. The summed E-state index contributed by atoms with van der Waals surface area (Å²) in [6.45, 7) is 10.3. The second kappa shape index (κ2) is 5.21. The summed E-state index contributed by atoms with van der Waals surface area (Å²) >= 11 is 3.39. The summed E-state index contributed by atoms with van der Waals surface area (Å²) in [7, 11) is 0. The summed E-state index contributed by atoms with van der Waals surface area (Å²) < 4.78 is 0.927. The fraction of sp³-hybridized carbons (Fsp3) is 0.500. The number of hydrogen-bond acceptors (Lipinski definition) is 1. The average Bonchev–Trinajstić information content (AvgIpc) is 2.20. The van der Waals surface area contributed by atoms with Crippen molar-refractivity contribution in [2.45, 2.75) is 40.7 Å². The van der Waals surface area contributed by atoms with Crippen molar-refractivity contribution in [3.8, 4) is 0 Å². The van der Waals surface area contributed by atoms with Gasteiger partial charge < -0.3 is 5.32 Å². The maximum Gasteiger partial charge on any atom is 0.251 e. The van der Waals surface area contributed by atoms with Crippen LogP contribution in [0.3, 0.4) is 0 Å². The number of benzene rings is 1. The molecule has 1 unspecified atom stereocenters. The zero-order valence-electron chi connectivity index (χ0n) is 11.1. The fourth-order valence-corrected chi connectivity index (χ4v) is 1.69. The van der Waals surface area contributed by atoms with E-state index in [0.29, 0.717) is 0 Å². The molecule has 94 valence electrons. The van der Waals surface area contributed by atoms with E-state index < -0.39 is 0 Å². The molecule has 0 bridgehead atoms. The molecule has 1 N–H and O–H groups in total. The monoisotopic (exact) mass is 297 g/mol. The van der Waals surface area contributed by atoms with Crippen molar-refractivity contribution in [3.63, 3.8) is 0 Å². The first-order chi connectivity index (χ1) is 7.71. The van der Waals surface area contributed by atoms with Gasteiger partial charge in [-0.1, -0.05) is 42.8 Å². The van der Waals surface area contributed by atoms with Crippen LogP contribution < -0.4 is 5.32 Å². The topological polar surface area (TPSA) is 29.1 Å². The molecule has 0 aliphatic heterocycles. The molecule has 0 saturated carbocycles. The molecule has 1 aromatic carbocycles. The van der Waals surface area contributed by atoms with Crippen molar-refractivity contribution < 1.29 is 4.79 Å². The van der Waals surface area contributed by atoms with Gasteiger partial charge in [0.25, 0.3) is 5.91 Å². The van der Waals surface area contributed by atoms with Crippen LogP contribution in [0.2, 0.25) is 0 Å². The standard InChI is InChI=1S/C14H20BrNO/c1-9-6-7-11(15)8-12(9)13(17)16-10(2)14(3,4)5/h6-8,10H,1-5H3,(H,16,17). The van der Waals surface area contributed by atoms with Crippen molar-refractivity contribution in [2.75, 3.05) is 0 Å². The maximum absolute atomic E-state index is 12.1. The molecule has 1 rings (SSSR count). The minimum absolute atomic E-state index is 0.00812. The third kappa shape index (κ3) is 3.84. The van der Waals surface area contributed by atoms with Crippen LogP contribution in [-0.2, 0) is 0 Å². The number of carbonyl (C=O) groups is 1. The van der Waals surface area contributed by atoms with Crippen molar-refractivity contribution in [3.05, 3.63) is 33.8 Å². The summed E-state index contributed by atoms with van der Waals surface area (Å²) in [5.74, 6) is -0.00812. The molecule has 0 spiro atoms. The quantitative estimate of drug-likeness (QED) is 0.881. The van der Waals surface area contributed by atoms with Crippen LogP contribution >= 0.6 is 15.9 Å². The van der Waals surface area contributed by atoms with Gasteiger partial charge in [-0.25, -0.2) is 0 Å². The molecule has 0 aliphatic carbocycles. The van der Waals surface area contributed by atoms with E-state index in [2.05, 4.69) is 42.0 Å². The highest BCUT2D eigenvalue weighted by Gasteiger charge is 2.22. The van der Waals surface area contributed by atoms with Crippen molar-refractivity contribution in [2.24, 2.45) is 5.41 Å². The Balaban J connectivity index is 2.87. The Hall–Kier alpha value is -0.830. The molecule has 0 radical (unpaired) electrons. The molecule has 1 amide bonds. The van der Waals surface area contributed by atoms with E-state index >= 15 is 0 Å². The maximum atomic E-state index is 12.1. The lowest BCUT2D eigenvalue weighted by molar-refractivity contribution is 0.0909. The zero-order valence-corrected chi connectivity index (χ0v) is 12.7. The molecule has 1 atom stereocenters. The number of nitrogens with one attached hydrogen (secondary N) is 1. The molecule has 17 heavy (non-hydrogen) atoms. The van der Waals surface area contributed by atoms with E-state index in [0.717, 1.165) is 15.6 Å². The predicted molar refractivity (Wildman–Crippen MR) is 75.3 cm³/mol. The van der Waals surface area contributed by atoms with Gasteiger partial charge in [-0.15, -0.1) is 0 Å². The highest BCUT2D eigenvalue weighted by Crippen LogP contribution is 2.20. The third-order valence-electron chi connectivity index (χ3n) is 3.09. The van der Waals surface area contributed by atoms with Crippen molar-refractivity contribution >= 4 is 21.8 Å². The zero-order chi connectivity index (χ0) is 13.2. The van der Waals surface area contributed by atoms with E-state index in [9.17, 15) is 4.79 Å². The molecular formula is C14H20BrNO. The van der Waals surface area contributed by atoms with E-state index in [4.69, 9.17) is 0 Å². The lowest BCUT2D eigenvalue weighted by Gasteiger charge is -2.28. The molecule has 0 fully saturated rings. The Labute approximate surface area is 112 Å². The Morgan fingerprint density at radius 2 is 1.94 bits per heavy atom. The van der Waals surface area contributed by atoms with Crippen LogP contribution in [0.5, 0.6) is 0 Å². The van der Waals surface area contributed by atoms with Crippen LogP contribution in [0.25, 0.3) is 0 Å². The summed E-state index contributed by atoms with van der Waals surface area (Å²) in [6, 6.07) is 5.88. The molecule has 2 nitrogen and oxygen atoms in total. The second-order valence-corrected chi connectivity index (χ2v) is 6.44. The first kappa shape index (κ1) is 14.2. The Kier molecular flexibility index (Phi) is 4.36. The van der Waals surface area contributed by atoms with Gasteiger partial charge in [0, 0.05) is 16.1 Å². The van der Waals surface area contributed by atoms with Crippen LogP contribution in [0.1, 0.15) is 43.6 Å². The van der Waals surface area contributed by atoms with Crippen LogP contribution in [0.4, 0.5) is 0 Å². The molecule has 1 aromatic rings. The number of amides is 1. The van der Waals surface area contributed by atoms with Gasteiger partial charge in [0.15, 0.2) is 0 Å². The number of hydrogen-bond donors (Lipinski definition) is 1. The van der Waals surface area contributed by atoms with E-state index in [1.165, 1.54) is 0 Å². The average molecular weight is 298 g/mol. The van der Waals surface area contributed by atoms with Crippen LogP contribution in [0.15, 0.2) is 22.7 Å². The van der Waals surface area contributed by atoms with E-state index in [1.807, 2.05) is 32.0 Å². The summed E-state index contributed by atoms with van der Waals surface area (Å²) in [5, 5.41) is 3.04. The number of halogens is 1. The third-order valence-corrected chi connectivity index (χ3v) is 3.58.